The Bertz CT molecular complexity index is 498. The average molecular weight is 303 g/mol. The highest BCUT2D eigenvalue weighted by Gasteiger charge is 2.23. The summed E-state index contributed by atoms with van der Waals surface area (Å²) < 4.78 is 0. The van der Waals surface area contributed by atoms with Gasteiger partial charge in [-0.1, -0.05) is 37.3 Å². The molecule has 1 aromatic carbocycles. The number of piperidine rings is 1. The number of hydrogen-bond donors (Lipinski definition) is 2. The molecule has 0 aliphatic carbocycles. The quantitative estimate of drug-likeness (QED) is 0.864. The predicted molar refractivity (Wildman–Crippen MR) is 86.0 cm³/mol. The number of hydrogen-bond acceptors (Lipinski definition) is 3. The van der Waals surface area contributed by atoms with Crippen LogP contribution in [0.1, 0.15) is 37.8 Å². The van der Waals surface area contributed by atoms with Crippen LogP contribution in [0.3, 0.4) is 0 Å². The van der Waals surface area contributed by atoms with Gasteiger partial charge in [0, 0.05) is 19.1 Å². The maximum Gasteiger partial charge on any atom is 0.241 e. The van der Waals surface area contributed by atoms with Gasteiger partial charge in [0.15, 0.2) is 0 Å². The maximum atomic E-state index is 12.2. The smallest absolute Gasteiger partial charge is 0.241 e. The molecule has 1 fully saturated rings. The average Bonchev–Trinajstić information content (AvgIpc) is 2.59. The van der Waals surface area contributed by atoms with Gasteiger partial charge in [0.25, 0.3) is 0 Å². The largest absolute Gasteiger partial charge is 0.347 e. The van der Waals surface area contributed by atoms with E-state index in [1.54, 1.807) is 6.92 Å². The van der Waals surface area contributed by atoms with Gasteiger partial charge in [-0.05, 0) is 24.8 Å². The standard InChI is InChI=1S/C17H25N3O2/c1-13(16(18)14-8-4-2-5-9-14)17(22)19-12-15(21)20-10-6-3-7-11-20/h2,4-5,8-9,13,16H,3,6-7,10-12,18H2,1H3,(H,19,22). The summed E-state index contributed by atoms with van der Waals surface area (Å²) in [5.74, 6) is -0.563. The van der Waals surface area contributed by atoms with Crippen molar-refractivity contribution in [2.24, 2.45) is 11.7 Å². The molecular weight excluding hydrogens is 278 g/mol. The number of carbonyl (C=O) groups excluding carboxylic acids is 2. The first-order valence-corrected chi connectivity index (χ1v) is 7.95. The van der Waals surface area contributed by atoms with Crippen LogP contribution in [0.25, 0.3) is 0 Å². The van der Waals surface area contributed by atoms with E-state index in [0.717, 1.165) is 31.5 Å². The summed E-state index contributed by atoms with van der Waals surface area (Å²) in [6.07, 6.45) is 3.28. The number of carbonyl (C=O) groups is 2. The predicted octanol–water partition coefficient (Wildman–Crippen LogP) is 1.45. The Morgan fingerprint density at radius 1 is 1.18 bits per heavy atom. The summed E-state index contributed by atoms with van der Waals surface area (Å²) in [4.78, 5) is 26.1. The first-order chi connectivity index (χ1) is 10.6. The van der Waals surface area contributed by atoms with E-state index in [-0.39, 0.29) is 30.3 Å². The van der Waals surface area contributed by atoms with Gasteiger partial charge in [0.2, 0.25) is 11.8 Å². The van der Waals surface area contributed by atoms with Crippen molar-refractivity contribution in [3.05, 3.63) is 35.9 Å². The fourth-order valence-corrected chi connectivity index (χ4v) is 2.71. The van der Waals surface area contributed by atoms with Crippen LogP contribution >= 0.6 is 0 Å². The number of nitrogens with zero attached hydrogens (tertiary/aromatic N) is 1. The molecule has 0 spiro atoms. The third-order valence-electron chi connectivity index (χ3n) is 4.26. The van der Waals surface area contributed by atoms with Crippen molar-refractivity contribution in [3.63, 3.8) is 0 Å². The van der Waals surface area contributed by atoms with Crippen LogP contribution in [0.2, 0.25) is 0 Å². The molecule has 1 aromatic rings. The molecule has 2 amide bonds. The third kappa shape index (κ3) is 4.31. The summed E-state index contributed by atoms with van der Waals surface area (Å²) in [6, 6.07) is 9.17. The number of nitrogens with two attached hydrogens (primary N) is 1. The molecule has 1 heterocycles. The van der Waals surface area contributed by atoms with E-state index < -0.39 is 0 Å². The van der Waals surface area contributed by atoms with Gasteiger partial charge in [0.1, 0.15) is 0 Å². The highest BCUT2D eigenvalue weighted by atomic mass is 16.2. The van der Waals surface area contributed by atoms with E-state index in [1.165, 1.54) is 6.42 Å². The van der Waals surface area contributed by atoms with E-state index in [0.29, 0.717) is 0 Å². The second kappa shape index (κ2) is 7.94. The molecule has 1 aliphatic heterocycles. The summed E-state index contributed by atoms with van der Waals surface area (Å²) >= 11 is 0. The zero-order chi connectivity index (χ0) is 15.9. The highest BCUT2D eigenvalue weighted by molar-refractivity contribution is 5.86. The Hall–Kier alpha value is -1.88. The van der Waals surface area contributed by atoms with Crippen LogP contribution < -0.4 is 11.1 Å². The third-order valence-corrected chi connectivity index (χ3v) is 4.26. The van der Waals surface area contributed by atoms with Gasteiger partial charge < -0.3 is 16.0 Å². The van der Waals surface area contributed by atoms with Crippen molar-refractivity contribution in [3.8, 4) is 0 Å². The molecule has 2 unspecified atom stereocenters. The van der Waals surface area contributed by atoms with E-state index >= 15 is 0 Å². The number of likely N-dealkylation sites (tertiary alicyclic amines) is 1. The van der Waals surface area contributed by atoms with Crippen molar-refractivity contribution >= 4 is 11.8 Å². The van der Waals surface area contributed by atoms with Gasteiger partial charge in [-0.3, -0.25) is 9.59 Å². The highest BCUT2D eigenvalue weighted by Crippen LogP contribution is 2.19. The number of amides is 2. The lowest BCUT2D eigenvalue weighted by Gasteiger charge is -2.27. The van der Waals surface area contributed by atoms with Crippen LogP contribution in [0, 0.1) is 5.92 Å². The van der Waals surface area contributed by atoms with Crippen molar-refractivity contribution in [1.82, 2.24) is 10.2 Å². The molecule has 1 aliphatic rings. The van der Waals surface area contributed by atoms with Crippen molar-refractivity contribution in [2.45, 2.75) is 32.2 Å². The zero-order valence-electron chi connectivity index (χ0n) is 13.1. The minimum absolute atomic E-state index is 0.00599. The van der Waals surface area contributed by atoms with Gasteiger partial charge in [-0.15, -0.1) is 0 Å². The normalized spacial score (nSPS) is 17.6. The maximum absolute atomic E-state index is 12.2. The van der Waals surface area contributed by atoms with Crippen molar-refractivity contribution < 1.29 is 9.59 Å². The van der Waals surface area contributed by atoms with E-state index in [9.17, 15) is 9.59 Å². The Morgan fingerprint density at radius 3 is 2.45 bits per heavy atom. The molecule has 0 radical (unpaired) electrons. The Balaban J connectivity index is 1.82. The van der Waals surface area contributed by atoms with Crippen LogP contribution in [0.4, 0.5) is 0 Å². The lowest BCUT2D eigenvalue weighted by atomic mass is 9.95. The molecule has 2 rings (SSSR count). The van der Waals surface area contributed by atoms with Gasteiger partial charge in [-0.25, -0.2) is 0 Å². The second-order valence-corrected chi connectivity index (χ2v) is 5.88. The molecule has 5 heteroatoms. The molecule has 2 atom stereocenters. The topological polar surface area (TPSA) is 75.4 Å². The van der Waals surface area contributed by atoms with Crippen LogP contribution in [0.5, 0.6) is 0 Å². The molecular formula is C17H25N3O2. The number of nitrogens with one attached hydrogen (secondary N) is 1. The Kier molecular flexibility index (Phi) is 5.95. The minimum Gasteiger partial charge on any atom is -0.347 e. The van der Waals surface area contributed by atoms with E-state index in [4.69, 9.17) is 5.73 Å². The fourth-order valence-electron chi connectivity index (χ4n) is 2.71. The molecule has 0 saturated carbocycles. The van der Waals surface area contributed by atoms with Crippen LogP contribution in [0.15, 0.2) is 30.3 Å². The number of rotatable bonds is 5. The lowest BCUT2D eigenvalue weighted by Crippen LogP contribution is -2.44. The van der Waals surface area contributed by atoms with Gasteiger partial charge in [0.05, 0.1) is 12.5 Å². The molecule has 22 heavy (non-hydrogen) atoms. The second-order valence-electron chi connectivity index (χ2n) is 5.88. The molecule has 3 N–H and O–H groups in total. The molecule has 0 aromatic heterocycles. The first kappa shape index (κ1) is 16.5. The number of benzene rings is 1. The summed E-state index contributed by atoms with van der Waals surface area (Å²) in [5, 5.41) is 2.72. The molecule has 5 nitrogen and oxygen atoms in total. The molecule has 120 valence electrons. The SMILES string of the molecule is CC(C(=O)NCC(=O)N1CCCCC1)C(N)c1ccccc1. The van der Waals surface area contributed by atoms with Crippen molar-refractivity contribution in [1.29, 1.82) is 0 Å². The lowest BCUT2D eigenvalue weighted by molar-refractivity contribution is -0.134. The van der Waals surface area contributed by atoms with Crippen LogP contribution in [-0.4, -0.2) is 36.3 Å². The Labute approximate surface area is 131 Å². The van der Waals surface area contributed by atoms with E-state index in [1.807, 2.05) is 35.2 Å². The zero-order valence-corrected chi connectivity index (χ0v) is 13.1. The van der Waals surface area contributed by atoms with E-state index in [2.05, 4.69) is 5.32 Å². The monoisotopic (exact) mass is 303 g/mol. The fraction of sp³-hybridized carbons (Fsp3) is 0.529. The summed E-state index contributed by atoms with van der Waals surface area (Å²) in [5.41, 5.74) is 7.06. The Morgan fingerprint density at radius 2 is 1.82 bits per heavy atom. The summed E-state index contributed by atoms with van der Waals surface area (Å²) in [7, 11) is 0. The molecule has 1 saturated heterocycles. The molecule has 0 bridgehead atoms. The summed E-state index contributed by atoms with van der Waals surface area (Å²) in [6.45, 7) is 3.45. The van der Waals surface area contributed by atoms with Gasteiger partial charge in [-0.2, -0.15) is 0 Å². The van der Waals surface area contributed by atoms with Crippen LogP contribution in [-0.2, 0) is 9.59 Å². The van der Waals surface area contributed by atoms with Crippen molar-refractivity contribution in [2.75, 3.05) is 19.6 Å². The minimum atomic E-state index is -0.378. The first-order valence-electron chi connectivity index (χ1n) is 7.95. The van der Waals surface area contributed by atoms with Gasteiger partial charge >= 0.3 is 0 Å².